The molecule has 1 unspecified atom stereocenters. The minimum atomic E-state index is -1.10. The van der Waals surface area contributed by atoms with Gasteiger partial charge in [-0.2, -0.15) is 0 Å². The predicted molar refractivity (Wildman–Crippen MR) is 55.5 cm³/mol. The van der Waals surface area contributed by atoms with Crippen LogP contribution in [0.2, 0.25) is 0 Å². The first-order valence-corrected chi connectivity index (χ1v) is 4.47. The molecule has 1 atom stereocenters. The molecule has 0 spiro atoms. The number of aromatic carboxylic acids is 1. The minimum absolute atomic E-state index is 0.0886. The summed E-state index contributed by atoms with van der Waals surface area (Å²) in [5.74, 6) is 1.92. The van der Waals surface area contributed by atoms with Crippen LogP contribution in [-0.2, 0) is 0 Å². The Morgan fingerprint density at radius 2 is 2.40 bits per heavy atom. The largest absolute Gasteiger partial charge is 0.476 e. The molecule has 0 aliphatic heterocycles. The van der Waals surface area contributed by atoms with Gasteiger partial charge in [-0.25, -0.2) is 4.79 Å². The van der Waals surface area contributed by atoms with Crippen LogP contribution in [0, 0.1) is 12.3 Å². The number of terminal acetylenes is 1. The third-order valence-electron chi connectivity index (χ3n) is 1.82. The molecule has 0 saturated carbocycles. The Hall–Kier alpha value is -2.09. The smallest absolute Gasteiger partial charge is 0.356 e. The van der Waals surface area contributed by atoms with Crippen LogP contribution in [0.1, 0.15) is 23.8 Å². The van der Waals surface area contributed by atoms with Crippen molar-refractivity contribution < 1.29 is 9.90 Å². The van der Waals surface area contributed by atoms with Gasteiger partial charge in [-0.3, -0.25) is 0 Å². The van der Waals surface area contributed by atoms with Crippen molar-refractivity contribution in [1.29, 1.82) is 0 Å². The van der Waals surface area contributed by atoms with Gasteiger partial charge in [-0.05, 0) is 18.6 Å². The SMILES string of the molecule is C#CC(CC)Nc1ccc(C(=O)O)nn1. The van der Waals surface area contributed by atoms with Crippen molar-refractivity contribution in [2.45, 2.75) is 19.4 Å². The minimum Gasteiger partial charge on any atom is -0.476 e. The Kier molecular flexibility index (Phi) is 3.63. The summed E-state index contributed by atoms with van der Waals surface area (Å²) < 4.78 is 0. The molecule has 78 valence electrons. The van der Waals surface area contributed by atoms with Gasteiger partial charge >= 0.3 is 5.97 Å². The zero-order valence-electron chi connectivity index (χ0n) is 8.27. The van der Waals surface area contributed by atoms with Crippen molar-refractivity contribution in [3.63, 3.8) is 0 Å². The number of carboxylic acids is 1. The number of carbonyl (C=O) groups is 1. The molecule has 0 radical (unpaired) electrons. The van der Waals surface area contributed by atoms with Crippen LogP contribution < -0.4 is 5.32 Å². The van der Waals surface area contributed by atoms with Gasteiger partial charge in [0, 0.05) is 0 Å². The van der Waals surface area contributed by atoms with Crippen molar-refractivity contribution in [3.05, 3.63) is 17.8 Å². The molecule has 5 nitrogen and oxygen atoms in total. The number of anilines is 1. The Labute approximate surface area is 87.5 Å². The van der Waals surface area contributed by atoms with E-state index in [-0.39, 0.29) is 11.7 Å². The topological polar surface area (TPSA) is 75.1 Å². The van der Waals surface area contributed by atoms with E-state index in [1.165, 1.54) is 12.1 Å². The van der Waals surface area contributed by atoms with E-state index in [9.17, 15) is 4.79 Å². The summed E-state index contributed by atoms with van der Waals surface area (Å²) in [7, 11) is 0. The Morgan fingerprint density at radius 3 is 2.80 bits per heavy atom. The van der Waals surface area contributed by atoms with E-state index in [2.05, 4.69) is 21.4 Å². The van der Waals surface area contributed by atoms with Crippen LogP contribution in [0.5, 0.6) is 0 Å². The third-order valence-corrected chi connectivity index (χ3v) is 1.82. The first kappa shape index (κ1) is 11.0. The molecule has 0 bridgehead atoms. The lowest BCUT2D eigenvalue weighted by molar-refractivity contribution is 0.0689. The molecule has 1 heterocycles. The summed E-state index contributed by atoms with van der Waals surface area (Å²) in [5, 5.41) is 18.8. The Bertz CT molecular complexity index is 381. The molecule has 0 saturated heterocycles. The Balaban J connectivity index is 2.73. The van der Waals surface area contributed by atoms with Crippen LogP contribution in [0.15, 0.2) is 12.1 Å². The lowest BCUT2D eigenvalue weighted by Crippen LogP contribution is -2.17. The predicted octanol–water partition coefficient (Wildman–Crippen LogP) is 0.998. The van der Waals surface area contributed by atoms with E-state index in [1.807, 2.05) is 6.92 Å². The number of hydrogen-bond donors (Lipinski definition) is 2. The fraction of sp³-hybridized carbons (Fsp3) is 0.300. The number of aromatic nitrogens is 2. The molecule has 0 aliphatic carbocycles. The lowest BCUT2D eigenvalue weighted by atomic mass is 10.2. The second-order valence-corrected chi connectivity index (χ2v) is 2.88. The highest BCUT2D eigenvalue weighted by atomic mass is 16.4. The maximum Gasteiger partial charge on any atom is 0.356 e. The standard InChI is InChI=1S/C10H11N3O2/c1-3-7(4-2)11-9-6-5-8(10(14)15)12-13-9/h1,5-7H,4H2,2H3,(H,11,13)(H,14,15). The van der Waals surface area contributed by atoms with Crippen molar-refractivity contribution in [2.24, 2.45) is 0 Å². The summed E-state index contributed by atoms with van der Waals surface area (Å²) in [4.78, 5) is 10.5. The first-order chi connectivity index (χ1) is 7.17. The Morgan fingerprint density at radius 1 is 1.67 bits per heavy atom. The van der Waals surface area contributed by atoms with E-state index < -0.39 is 5.97 Å². The highest BCUT2D eigenvalue weighted by molar-refractivity contribution is 5.85. The molecule has 5 heteroatoms. The molecule has 0 aliphatic rings. The van der Waals surface area contributed by atoms with Crippen molar-refractivity contribution in [1.82, 2.24) is 10.2 Å². The van der Waals surface area contributed by atoms with Crippen molar-refractivity contribution >= 4 is 11.8 Å². The van der Waals surface area contributed by atoms with Gasteiger partial charge in [0.05, 0.1) is 6.04 Å². The van der Waals surface area contributed by atoms with Gasteiger partial charge < -0.3 is 10.4 Å². The van der Waals surface area contributed by atoms with Gasteiger partial charge in [0.15, 0.2) is 5.69 Å². The number of rotatable bonds is 4. The number of hydrogen-bond acceptors (Lipinski definition) is 4. The van der Waals surface area contributed by atoms with E-state index in [0.29, 0.717) is 5.82 Å². The molecule has 1 aromatic heterocycles. The molecule has 2 N–H and O–H groups in total. The fourth-order valence-electron chi connectivity index (χ4n) is 0.963. The zero-order chi connectivity index (χ0) is 11.3. The summed E-state index contributed by atoms with van der Waals surface area (Å²) >= 11 is 0. The monoisotopic (exact) mass is 205 g/mol. The van der Waals surface area contributed by atoms with Crippen LogP contribution in [0.25, 0.3) is 0 Å². The number of carboxylic acid groups (broad SMARTS) is 1. The molecular weight excluding hydrogens is 194 g/mol. The van der Waals surface area contributed by atoms with Crippen LogP contribution in [0.3, 0.4) is 0 Å². The van der Waals surface area contributed by atoms with Crippen LogP contribution >= 0.6 is 0 Å². The average Bonchev–Trinajstić information content (AvgIpc) is 2.26. The van der Waals surface area contributed by atoms with E-state index in [1.54, 1.807) is 0 Å². The summed E-state index contributed by atoms with van der Waals surface area (Å²) in [6.45, 7) is 1.94. The van der Waals surface area contributed by atoms with Crippen LogP contribution in [-0.4, -0.2) is 27.3 Å². The maximum absolute atomic E-state index is 10.5. The molecular formula is C10H11N3O2. The third kappa shape index (κ3) is 2.95. The first-order valence-electron chi connectivity index (χ1n) is 4.47. The lowest BCUT2D eigenvalue weighted by Gasteiger charge is -2.09. The van der Waals surface area contributed by atoms with Crippen molar-refractivity contribution in [3.8, 4) is 12.3 Å². The highest BCUT2D eigenvalue weighted by Gasteiger charge is 2.06. The van der Waals surface area contributed by atoms with Crippen molar-refractivity contribution in [2.75, 3.05) is 5.32 Å². The zero-order valence-corrected chi connectivity index (χ0v) is 8.27. The quantitative estimate of drug-likeness (QED) is 0.717. The molecule has 0 fully saturated rings. The summed E-state index contributed by atoms with van der Waals surface area (Å²) in [6.07, 6.45) is 6.02. The molecule has 15 heavy (non-hydrogen) atoms. The molecule has 1 rings (SSSR count). The highest BCUT2D eigenvalue weighted by Crippen LogP contribution is 2.05. The van der Waals surface area contributed by atoms with Gasteiger partial charge in [-0.1, -0.05) is 12.8 Å². The normalized spacial score (nSPS) is 11.5. The number of nitrogens with one attached hydrogen (secondary N) is 1. The molecule has 1 aromatic rings. The summed E-state index contributed by atoms with van der Waals surface area (Å²) in [6, 6.07) is 2.80. The fourth-order valence-corrected chi connectivity index (χ4v) is 0.963. The maximum atomic E-state index is 10.5. The van der Waals surface area contributed by atoms with Gasteiger partial charge in [0.2, 0.25) is 0 Å². The van der Waals surface area contributed by atoms with E-state index in [4.69, 9.17) is 11.5 Å². The number of nitrogens with zero attached hydrogens (tertiary/aromatic N) is 2. The van der Waals surface area contributed by atoms with Gasteiger partial charge in [0.1, 0.15) is 5.82 Å². The van der Waals surface area contributed by atoms with Gasteiger partial charge in [-0.15, -0.1) is 16.6 Å². The molecule has 0 aromatic carbocycles. The second kappa shape index (κ2) is 4.96. The van der Waals surface area contributed by atoms with E-state index in [0.717, 1.165) is 6.42 Å². The average molecular weight is 205 g/mol. The van der Waals surface area contributed by atoms with Crippen LogP contribution in [0.4, 0.5) is 5.82 Å². The second-order valence-electron chi connectivity index (χ2n) is 2.88. The molecule has 0 amide bonds. The van der Waals surface area contributed by atoms with Gasteiger partial charge in [0.25, 0.3) is 0 Å². The summed E-state index contributed by atoms with van der Waals surface area (Å²) in [5.41, 5.74) is -0.0886. The van der Waals surface area contributed by atoms with E-state index >= 15 is 0 Å².